The van der Waals surface area contributed by atoms with Crippen LogP contribution in [0.25, 0.3) is 5.69 Å². The highest BCUT2D eigenvalue weighted by atomic mass is 16.3. The number of aryl methyl sites for hydroxylation is 2. The first-order chi connectivity index (χ1) is 11.5. The highest BCUT2D eigenvalue weighted by molar-refractivity contribution is 6.04. The predicted molar refractivity (Wildman–Crippen MR) is 91.6 cm³/mol. The molecule has 122 valence electrons. The van der Waals surface area contributed by atoms with Gasteiger partial charge in [0.1, 0.15) is 5.75 Å². The predicted octanol–water partition coefficient (Wildman–Crippen LogP) is 3.15. The van der Waals surface area contributed by atoms with E-state index in [0.717, 1.165) is 17.1 Å². The highest BCUT2D eigenvalue weighted by Gasteiger charge is 2.13. The van der Waals surface area contributed by atoms with Crippen molar-refractivity contribution >= 4 is 11.6 Å². The average molecular weight is 322 g/mol. The molecular formula is C18H18N4O2. The molecule has 0 aliphatic heterocycles. The third-order valence-corrected chi connectivity index (χ3v) is 3.88. The standard InChI is InChI=1S/C18H18N4O2/c1-11-4-9-16(23)17(20-11)18(24)21-14-5-7-15(8-6-14)22-10-19-12(2)13(22)3/h4-10,23H,1-3H3,(H,21,24). The second-order valence-electron chi connectivity index (χ2n) is 5.61. The third kappa shape index (κ3) is 2.99. The van der Waals surface area contributed by atoms with Crippen LogP contribution in [0.3, 0.4) is 0 Å². The second kappa shape index (κ2) is 6.16. The van der Waals surface area contributed by atoms with Crippen molar-refractivity contribution in [3.8, 4) is 11.4 Å². The van der Waals surface area contributed by atoms with E-state index in [4.69, 9.17) is 0 Å². The molecule has 2 N–H and O–H groups in total. The van der Waals surface area contributed by atoms with Gasteiger partial charge in [0, 0.05) is 22.8 Å². The van der Waals surface area contributed by atoms with Crippen LogP contribution in [-0.2, 0) is 0 Å². The minimum Gasteiger partial charge on any atom is -0.505 e. The van der Waals surface area contributed by atoms with Crippen LogP contribution in [0, 0.1) is 20.8 Å². The fraction of sp³-hybridized carbons (Fsp3) is 0.167. The van der Waals surface area contributed by atoms with Gasteiger partial charge in [-0.25, -0.2) is 9.97 Å². The van der Waals surface area contributed by atoms with Crippen molar-refractivity contribution in [1.82, 2.24) is 14.5 Å². The summed E-state index contributed by atoms with van der Waals surface area (Å²) in [5, 5.41) is 12.5. The molecule has 1 aromatic carbocycles. The normalized spacial score (nSPS) is 10.6. The number of hydrogen-bond acceptors (Lipinski definition) is 4. The average Bonchev–Trinajstić information content (AvgIpc) is 2.90. The maximum Gasteiger partial charge on any atom is 0.278 e. The number of imidazole rings is 1. The van der Waals surface area contributed by atoms with E-state index in [-0.39, 0.29) is 11.4 Å². The Morgan fingerprint density at radius 3 is 2.42 bits per heavy atom. The van der Waals surface area contributed by atoms with Gasteiger partial charge >= 0.3 is 0 Å². The Bertz CT molecular complexity index is 898. The zero-order chi connectivity index (χ0) is 17.3. The molecule has 2 aromatic heterocycles. The number of nitrogens with zero attached hydrogens (tertiary/aromatic N) is 3. The molecule has 0 saturated carbocycles. The van der Waals surface area contributed by atoms with Crippen LogP contribution in [-0.4, -0.2) is 25.5 Å². The molecule has 0 fully saturated rings. The number of anilines is 1. The summed E-state index contributed by atoms with van der Waals surface area (Å²) in [6, 6.07) is 10.5. The van der Waals surface area contributed by atoms with E-state index in [2.05, 4.69) is 15.3 Å². The summed E-state index contributed by atoms with van der Waals surface area (Å²) >= 11 is 0. The number of hydrogen-bond donors (Lipinski definition) is 2. The lowest BCUT2D eigenvalue weighted by atomic mass is 10.2. The SMILES string of the molecule is Cc1ccc(O)c(C(=O)Nc2ccc(-n3cnc(C)c3C)cc2)n1. The molecule has 0 aliphatic carbocycles. The fourth-order valence-corrected chi connectivity index (χ4v) is 2.37. The van der Waals surface area contributed by atoms with Crippen LogP contribution in [0.5, 0.6) is 5.75 Å². The molecule has 0 saturated heterocycles. The van der Waals surface area contributed by atoms with Gasteiger partial charge in [0.25, 0.3) is 5.91 Å². The molecule has 0 unspecified atom stereocenters. The smallest absolute Gasteiger partial charge is 0.278 e. The number of aromatic nitrogens is 3. The van der Waals surface area contributed by atoms with Crippen molar-refractivity contribution in [3.63, 3.8) is 0 Å². The molecule has 0 spiro atoms. The van der Waals surface area contributed by atoms with Crippen LogP contribution in [0.4, 0.5) is 5.69 Å². The summed E-state index contributed by atoms with van der Waals surface area (Å²) in [5.74, 6) is -0.585. The number of aromatic hydroxyl groups is 1. The largest absolute Gasteiger partial charge is 0.505 e. The Labute approximate surface area is 139 Å². The van der Waals surface area contributed by atoms with Crippen molar-refractivity contribution < 1.29 is 9.90 Å². The van der Waals surface area contributed by atoms with Gasteiger partial charge in [-0.1, -0.05) is 0 Å². The minimum atomic E-state index is -0.446. The topological polar surface area (TPSA) is 80.0 Å². The van der Waals surface area contributed by atoms with Gasteiger partial charge in [-0.15, -0.1) is 0 Å². The van der Waals surface area contributed by atoms with Crippen LogP contribution in [0.1, 0.15) is 27.6 Å². The summed E-state index contributed by atoms with van der Waals surface area (Å²) in [4.78, 5) is 20.6. The van der Waals surface area contributed by atoms with Crippen molar-refractivity contribution in [2.75, 3.05) is 5.32 Å². The third-order valence-electron chi connectivity index (χ3n) is 3.88. The second-order valence-corrected chi connectivity index (χ2v) is 5.61. The van der Waals surface area contributed by atoms with E-state index >= 15 is 0 Å². The number of nitrogens with one attached hydrogen (secondary N) is 1. The lowest BCUT2D eigenvalue weighted by Gasteiger charge is -2.09. The van der Waals surface area contributed by atoms with Gasteiger partial charge in [0.2, 0.25) is 0 Å². The first-order valence-corrected chi connectivity index (χ1v) is 7.54. The summed E-state index contributed by atoms with van der Waals surface area (Å²) in [5.41, 5.74) is 4.32. The zero-order valence-corrected chi connectivity index (χ0v) is 13.7. The Kier molecular flexibility index (Phi) is 4.04. The molecule has 2 heterocycles. The van der Waals surface area contributed by atoms with Gasteiger partial charge < -0.3 is 15.0 Å². The van der Waals surface area contributed by atoms with Crippen molar-refractivity contribution in [2.45, 2.75) is 20.8 Å². The molecule has 1 amide bonds. The van der Waals surface area contributed by atoms with Crippen molar-refractivity contribution in [2.24, 2.45) is 0 Å². The van der Waals surface area contributed by atoms with Gasteiger partial charge in [-0.2, -0.15) is 0 Å². The van der Waals surface area contributed by atoms with Gasteiger partial charge in [-0.05, 0) is 57.2 Å². The molecule has 6 heteroatoms. The van der Waals surface area contributed by atoms with Crippen LogP contribution < -0.4 is 5.32 Å². The number of carbonyl (C=O) groups excluding carboxylic acids is 1. The van der Waals surface area contributed by atoms with Crippen molar-refractivity contribution in [3.05, 3.63) is 65.5 Å². The number of pyridine rings is 1. The van der Waals surface area contributed by atoms with Gasteiger partial charge in [0.05, 0.1) is 12.0 Å². The first-order valence-electron chi connectivity index (χ1n) is 7.54. The Balaban J connectivity index is 1.80. The van der Waals surface area contributed by atoms with E-state index < -0.39 is 5.91 Å². The summed E-state index contributed by atoms with van der Waals surface area (Å²) in [6.45, 7) is 5.73. The Morgan fingerprint density at radius 1 is 1.08 bits per heavy atom. The molecule has 3 rings (SSSR count). The quantitative estimate of drug-likeness (QED) is 0.776. The van der Waals surface area contributed by atoms with Crippen LogP contribution in [0.15, 0.2) is 42.7 Å². The summed E-state index contributed by atoms with van der Waals surface area (Å²) < 4.78 is 1.98. The molecule has 6 nitrogen and oxygen atoms in total. The molecule has 0 radical (unpaired) electrons. The molecule has 24 heavy (non-hydrogen) atoms. The van der Waals surface area contributed by atoms with Crippen LogP contribution >= 0.6 is 0 Å². The maximum absolute atomic E-state index is 12.3. The maximum atomic E-state index is 12.3. The molecule has 0 bridgehead atoms. The van der Waals surface area contributed by atoms with Crippen molar-refractivity contribution in [1.29, 1.82) is 0 Å². The van der Waals surface area contributed by atoms with E-state index in [9.17, 15) is 9.90 Å². The van der Waals surface area contributed by atoms with E-state index in [1.54, 1.807) is 31.5 Å². The fourth-order valence-electron chi connectivity index (χ4n) is 2.37. The Morgan fingerprint density at radius 2 is 1.79 bits per heavy atom. The zero-order valence-electron chi connectivity index (χ0n) is 13.7. The lowest BCUT2D eigenvalue weighted by molar-refractivity contribution is 0.101. The first kappa shape index (κ1) is 15.7. The lowest BCUT2D eigenvalue weighted by Crippen LogP contribution is -2.14. The highest BCUT2D eigenvalue weighted by Crippen LogP contribution is 2.19. The summed E-state index contributed by atoms with van der Waals surface area (Å²) in [6.07, 6.45) is 1.77. The molecular weight excluding hydrogens is 304 g/mol. The summed E-state index contributed by atoms with van der Waals surface area (Å²) in [7, 11) is 0. The van der Waals surface area contributed by atoms with E-state index in [1.807, 2.05) is 30.5 Å². The van der Waals surface area contributed by atoms with E-state index in [0.29, 0.717) is 11.4 Å². The monoisotopic (exact) mass is 322 g/mol. The van der Waals surface area contributed by atoms with Crippen LogP contribution in [0.2, 0.25) is 0 Å². The van der Waals surface area contributed by atoms with E-state index in [1.165, 1.54) is 6.07 Å². The number of amides is 1. The van der Waals surface area contributed by atoms with Gasteiger partial charge in [-0.3, -0.25) is 4.79 Å². The minimum absolute atomic E-state index is 0.0140. The molecule has 0 atom stereocenters. The number of carbonyl (C=O) groups is 1. The molecule has 3 aromatic rings. The number of rotatable bonds is 3. The number of benzene rings is 1. The molecule has 0 aliphatic rings. The Hall–Kier alpha value is -3.15. The van der Waals surface area contributed by atoms with Gasteiger partial charge in [0.15, 0.2) is 5.69 Å².